The Labute approximate surface area is 143 Å². The lowest BCUT2D eigenvalue weighted by Gasteiger charge is -2.22. The van der Waals surface area contributed by atoms with Crippen molar-refractivity contribution in [1.29, 1.82) is 0 Å². The molecule has 6 nitrogen and oxygen atoms in total. The van der Waals surface area contributed by atoms with Crippen LogP contribution in [0.4, 0.5) is 5.13 Å². The van der Waals surface area contributed by atoms with Crippen LogP contribution in [0.3, 0.4) is 0 Å². The molecule has 3 heterocycles. The Morgan fingerprint density at radius 2 is 2.09 bits per heavy atom. The van der Waals surface area contributed by atoms with E-state index in [2.05, 4.69) is 10.3 Å². The van der Waals surface area contributed by atoms with E-state index in [9.17, 15) is 13.2 Å². The smallest absolute Gasteiger partial charge is 0.253 e. The highest BCUT2D eigenvalue weighted by molar-refractivity contribution is 7.91. The van der Waals surface area contributed by atoms with E-state index in [-0.39, 0.29) is 5.91 Å². The van der Waals surface area contributed by atoms with Gasteiger partial charge >= 0.3 is 0 Å². The van der Waals surface area contributed by atoms with Gasteiger partial charge in [-0.05, 0) is 38.8 Å². The Kier molecular flexibility index (Phi) is 4.54. The van der Waals surface area contributed by atoms with Crippen LogP contribution in [0.5, 0.6) is 0 Å². The molecule has 23 heavy (non-hydrogen) atoms. The van der Waals surface area contributed by atoms with Crippen LogP contribution in [0.2, 0.25) is 0 Å². The normalized spacial score (nSPS) is 19.1. The van der Waals surface area contributed by atoms with Gasteiger partial charge in [-0.15, -0.1) is 22.7 Å². The minimum atomic E-state index is -3.63. The highest BCUT2D eigenvalue weighted by Crippen LogP contribution is 2.30. The molecule has 1 saturated heterocycles. The van der Waals surface area contributed by atoms with Crippen molar-refractivity contribution in [3.63, 3.8) is 0 Å². The van der Waals surface area contributed by atoms with Gasteiger partial charge in [-0.1, -0.05) is 0 Å². The van der Waals surface area contributed by atoms with Gasteiger partial charge in [-0.25, -0.2) is 13.4 Å². The number of amides is 1. The lowest BCUT2D eigenvalue weighted by Crippen LogP contribution is -2.42. The highest BCUT2D eigenvalue weighted by atomic mass is 32.2. The second kappa shape index (κ2) is 6.31. The highest BCUT2D eigenvalue weighted by Gasteiger charge is 2.40. The Bertz CT molecular complexity index is 825. The number of rotatable bonds is 4. The fraction of sp³-hybridized carbons (Fsp3) is 0.429. The predicted octanol–water partition coefficient (Wildman–Crippen LogP) is 2.61. The van der Waals surface area contributed by atoms with Crippen LogP contribution in [0.1, 0.15) is 22.6 Å². The predicted molar refractivity (Wildman–Crippen MR) is 91.5 cm³/mol. The van der Waals surface area contributed by atoms with Gasteiger partial charge in [0.05, 0.1) is 0 Å². The summed E-state index contributed by atoms with van der Waals surface area (Å²) in [4.78, 5) is 18.5. The lowest BCUT2D eigenvalue weighted by molar-refractivity contribution is -0.119. The summed E-state index contributed by atoms with van der Waals surface area (Å²) >= 11 is 2.61. The third-order valence-corrected chi connectivity index (χ3v) is 7.84. The first-order chi connectivity index (χ1) is 10.9. The van der Waals surface area contributed by atoms with E-state index in [1.54, 1.807) is 18.3 Å². The van der Waals surface area contributed by atoms with E-state index in [4.69, 9.17) is 0 Å². The minimum Gasteiger partial charge on any atom is -0.301 e. The molecule has 1 fully saturated rings. The first-order valence-electron chi connectivity index (χ1n) is 7.19. The zero-order valence-corrected chi connectivity index (χ0v) is 15.2. The Morgan fingerprint density at radius 3 is 2.70 bits per heavy atom. The van der Waals surface area contributed by atoms with E-state index in [1.165, 1.54) is 27.0 Å². The molecule has 0 spiro atoms. The van der Waals surface area contributed by atoms with Crippen LogP contribution < -0.4 is 5.32 Å². The number of aryl methyl sites for hydroxylation is 2. The molecule has 9 heteroatoms. The molecule has 0 radical (unpaired) electrons. The third-order valence-electron chi connectivity index (χ3n) is 3.64. The summed E-state index contributed by atoms with van der Waals surface area (Å²) < 4.78 is 27.1. The van der Waals surface area contributed by atoms with Crippen LogP contribution in [0.15, 0.2) is 22.5 Å². The zero-order valence-electron chi connectivity index (χ0n) is 12.8. The van der Waals surface area contributed by atoms with Gasteiger partial charge < -0.3 is 5.32 Å². The van der Waals surface area contributed by atoms with Crippen molar-refractivity contribution in [2.24, 2.45) is 0 Å². The van der Waals surface area contributed by atoms with Crippen molar-refractivity contribution in [3.8, 4) is 0 Å². The van der Waals surface area contributed by atoms with Crippen LogP contribution in [0.25, 0.3) is 0 Å². The Morgan fingerprint density at radius 1 is 1.30 bits per heavy atom. The monoisotopic (exact) mass is 371 g/mol. The van der Waals surface area contributed by atoms with Gasteiger partial charge in [0.15, 0.2) is 5.13 Å². The standard InChI is InChI=1S/C14H17N3O3S3/c1-9-5-6-12(21-9)23(19,20)17-7-3-4-11(17)13(18)16-14-15-8-10(2)22-14/h5-6,8,11H,3-4,7H2,1-2H3,(H,15,16,18). The second-order valence-corrected chi connectivity index (χ2v) is 10.0. The number of aromatic nitrogens is 1. The summed E-state index contributed by atoms with van der Waals surface area (Å²) in [7, 11) is -3.63. The van der Waals surface area contributed by atoms with Crippen LogP contribution >= 0.6 is 22.7 Å². The molecule has 2 aromatic heterocycles. The maximum absolute atomic E-state index is 12.8. The number of carbonyl (C=O) groups is 1. The van der Waals surface area contributed by atoms with Crippen molar-refractivity contribution in [2.45, 2.75) is 36.9 Å². The van der Waals surface area contributed by atoms with Crippen molar-refractivity contribution < 1.29 is 13.2 Å². The van der Waals surface area contributed by atoms with Crippen LogP contribution in [-0.2, 0) is 14.8 Å². The summed E-state index contributed by atoms with van der Waals surface area (Å²) in [6, 6.07) is 2.71. The number of thiazole rings is 1. The quantitative estimate of drug-likeness (QED) is 0.896. The number of hydrogen-bond acceptors (Lipinski definition) is 6. The van der Waals surface area contributed by atoms with Crippen molar-refractivity contribution in [1.82, 2.24) is 9.29 Å². The first kappa shape index (κ1) is 16.6. The molecule has 3 rings (SSSR count). The summed E-state index contributed by atoms with van der Waals surface area (Å²) in [5.74, 6) is -0.311. The third kappa shape index (κ3) is 3.32. The number of hydrogen-bond donors (Lipinski definition) is 1. The van der Waals surface area contributed by atoms with Gasteiger partial charge in [0, 0.05) is 22.5 Å². The molecule has 1 unspecified atom stereocenters. The summed E-state index contributed by atoms with van der Waals surface area (Å²) in [5, 5.41) is 3.23. The Hall–Kier alpha value is -1.29. The molecule has 1 amide bonds. The fourth-order valence-electron chi connectivity index (χ4n) is 2.56. The van der Waals surface area contributed by atoms with Gasteiger partial charge in [0.1, 0.15) is 10.3 Å². The van der Waals surface area contributed by atoms with Gasteiger partial charge in [-0.2, -0.15) is 4.31 Å². The van der Waals surface area contributed by atoms with E-state index in [0.717, 1.165) is 9.75 Å². The van der Waals surface area contributed by atoms with Crippen LogP contribution in [-0.4, -0.2) is 36.2 Å². The summed E-state index contributed by atoms with van der Waals surface area (Å²) in [6.45, 7) is 4.13. The van der Waals surface area contributed by atoms with Gasteiger partial charge in [0.2, 0.25) is 5.91 Å². The van der Waals surface area contributed by atoms with Gasteiger partial charge in [0.25, 0.3) is 10.0 Å². The van der Waals surface area contributed by atoms with E-state index in [0.29, 0.717) is 28.7 Å². The number of nitrogens with one attached hydrogen (secondary N) is 1. The average Bonchev–Trinajstić information content (AvgIpc) is 3.19. The van der Waals surface area contributed by atoms with E-state index in [1.807, 2.05) is 13.8 Å². The molecular weight excluding hydrogens is 354 g/mol. The topological polar surface area (TPSA) is 79.4 Å². The van der Waals surface area contributed by atoms with Crippen molar-refractivity contribution in [2.75, 3.05) is 11.9 Å². The summed E-state index contributed by atoms with van der Waals surface area (Å²) in [6.07, 6.45) is 2.89. The molecule has 0 aromatic carbocycles. The molecule has 0 saturated carbocycles. The van der Waals surface area contributed by atoms with Gasteiger partial charge in [-0.3, -0.25) is 4.79 Å². The Balaban J connectivity index is 1.81. The van der Waals surface area contributed by atoms with Crippen LogP contribution in [0, 0.1) is 13.8 Å². The molecule has 0 bridgehead atoms. The van der Waals surface area contributed by atoms with Crippen molar-refractivity contribution in [3.05, 3.63) is 28.1 Å². The average molecular weight is 372 g/mol. The minimum absolute atomic E-state index is 0.291. The molecule has 1 N–H and O–H groups in total. The maximum atomic E-state index is 12.8. The number of sulfonamides is 1. The second-order valence-electron chi connectivity index (χ2n) is 5.40. The SMILES string of the molecule is Cc1ccc(S(=O)(=O)N2CCCC2C(=O)Nc2ncc(C)s2)s1. The zero-order chi connectivity index (χ0) is 16.6. The molecule has 2 aromatic rings. The van der Waals surface area contributed by atoms with Crippen molar-refractivity contribution >= 4 is 43.7 Å². The fourth-order valence-corrected chi connectivity index (χ4v) is 6.29. The maximum Gasteiger partial charge on any atom is 0.253 e. The molecule has 1 aliphatic heterocycles. The molecule has 1 atom stereocenters. The number of nitrogens with zero attached hydrogens (tertiary/aromatic N) is 2. The van der Waals surface area contributed by atoms with E-state index < -0.39 is 16.1 Å². The first-order valence-corrected chi connectivity index (χ1v) is 10.3. The molecule has 0 aliphatic carbocycles. The number of thiophene rings is 1. The van der Waals surface area contributed by atoms with E-state index >= 15 is 0 Å². The largest absolute Gasteiger partial charge is 0.301 e. The molecule has 1 aliphatic rings. The number of carbonyl (C=O) groups excluding carboxylic acids is 1. The number of anilines is 1. The molecule has 124 valence electrons. The molecular formula is C14H17N3O3S3. The summed E-state index contributed by atoms with van der Waals surface area (Å²) in [5.41, 5.74) is 0. The lowest BCUT2D eigenvalue weighted by atomic mass is 10.2.